The minimum absolute atomic E-state index is 0.0541. The molecule has 7 nitrogen and oxygen atoms in total. The summed E-state index contributed by atoms with van der Waals surface area (Å²) in [5.74, 6) is 1.51. The predicted octanol–water partition coefficient (Wildman–Crippen LogP) is 2.42. The SMILES string of the molecule is CCC(C(=O)Nc1cc(C)on1)N1CCC(C(=O)N2CCCCC2)CC1. The van der Waals surface area contributed by atoms with Crippen molar-refractivity contribution >= 4 is 17.6 Å². The van der Waals surface area contributed by atoms with Crippen molar-refractivity contribution in [3.63, 3.8) is 0 Å². The van der Waals surface area contributed by atoms with Crippen LogP contribution in [0.1, 0.15) is 51.2 Å². The highest BCUT2D eigenvalue weighted by atomic mass is 16.5. The lowest BCUT2D eigenvalue weighted by Gasteiger charge is -2.38. The summed E-state index contributed by atoms with van der Waals surface area (Å²) in [6.07, 6.45) is 5.90. The van der Waals surface area contributed by atoms with E-state index in [1.165, 1.54) is 6.42 Å². The van der Waals surface area contributed by atoms with Crippen LogP contribution in [-0.2, 0) is 9.59 Å². The molecule has 2 aliphatic heterocycles. The number of nitrogens with zero attached hydrogens (tertiary/aromatic N) is 3. The highest BCUT2D eigenvalue weighted by Crippen LogP contribution is 2.24. The van der Waals surface area contributed by atoms with Crippen molar-refractivity contribution in [1.29, 1.82) is 0 Å². The van der Waals surface area contributed by atoms with E-state index in [1.807, 2.05) is 11.8 Å². The molecule has 0 bridgehead atoms. The van der Waals surface area contributed by atoms with Crippen LogP contribution in [0.3, 0.4) is 0 Å². The first-order valence-corrected chi connectivity index (χ1v) is 9.85. The predicted molar refractivity (Wildman–Crippen MR) is 98.7 cm³/mol. The van der Waals surface area contributed by atoms with Crippen molar-refractivity contribution in [3.05, 3.63) is 11.8 Å². The number of likely N-dealkylation sites (tertiary alicyclic amines) is 2. The van der Waals surface area contributed by atoms with Crippen LogP contribution < -0.4 is 5.32 Å². The maximum Gasteiger partial charge on any atom is 0.242 e. The summed E-state index contributed by atoms with van der Waals surface area (Å²) >= 11 is 0. The van der Waals surface area contributed by atoms with E-state index in [9.17, 15) is 9.59 Å². The van der Waals surface area contributed by atoms with Crippen LogP contribution in [0.2, 0.25) is 0 Å². The number of piperidine rings is 2. The average Bonchev–Trinajstić information content (AvgIpc) is 3.07. The minimum atomic E-state index is -0.196. The molecule has 0 saturated carbocycles. The van der Waals surface area contributed by atoms with Crippen LogP contribution in [-0.4, -0.2) is 59.0 Å². The smallest absolute Gasteiger partial charge is 0.242 e. The zero-order valence-corrected chi connectivity index (χ0v) is 15.9. The van der Waals surface area contributed by atoms with Gasteiger partial charge in [0.05, 0.1) is 6.04 Å². The van der Waals surface area contributed by atoms with E-state index in [2.05, 4.69) is 15.4 Å². The van der Waals surface area contributed by atoms with Crippen LogP contribution >= 0.6 is 0 Å². The molecule has 144 valence electrons. The number of carbonyl (C=O) groups is 2. The van der Waals surface area contributed by atoms with E-state index in [0.717, 1.165) is 58.3 Å². The zero-order valence-electron chi connectivity index (χ0n) is 15.9. The Hall–Kier alpha value is -1.89. The van der Waals surface area contributed by atoms with Gasteiger partial charge in [0.25, 0.3) is 0 Å². The Bertz CT molecular complexity index is 616. The molecule has 26 heavy (non-hydrogen) atoms. The van der Waals surface area contributed by atoms with E-state index in [0.29, 0.717) is 17.5 Å². The minimum Gasteiger partial charge on any atom is -0.360 e. The summed E-state index contributed by atoms with van der Waals surface area (Å²) in [5.41, 5.74) is 0. The summed E-state index contributed by atoms with van der Waals surface area (Å²) in [4.78, 5) is 29.5. The number of carbonyl (C=O) groups excluding carboxylic acids is 2. The molecule has 3 rings (SSSR count). The Kier molecular flexibility index (Phi) is 6.29. The van der Waals surface area contributed by atoms with Gasteiger partial charge in [-0.3, -0.25) is 14.5 Å². The molecule has 1 N–H and O–H groups in total. The third-order valence-electron chi connectivity index (χ3n) is 5.56. The van der Waals surface area contributed by atoms with Crippen molar-refractivity contribution < 1.29 is 14.1 Å². The Labute approximate surface area is 155 Å². The third kappa shape index (κ3) is 4.44. The summed E-state index contributed by atoms with van der Waals surface area (Å²) < 4.78 is 5.00. The van der Waals surface area contributed by atoms with Gasteiger partial charge in [-0.25, -0.2) is 0 Å². The fourth-order valence-corrected chi connectivity index (χ4v) is 4.07. The molecule has 2 saturated heterocycles. The van der Waals surface area contributed by atoms with Gasteiger partial charge in [-0.15, -0.1) is 0 Å². The fraction of sp³-hybridized carbons (Fsp3) is 0.737. The molecule has 0 spiro atoms. The molecule has 0 radical (unpaired) electrons. The maximum atomic E-state index is 12.7. The van der Waals surface area contributed by atoms with E-state index in [4.69, 9.17) is 4.52 Å². The Morgan fingerprint density at radius 3 is 2.50 bits per heavy atom. The molecule has 0 aromatic carbocycles. The standard InChI is InChI=1S/C19H30N4O3/c1-3-16(18(24)20-17-13-14(2)26-21-17)22-11-7-15(8-12-22)19(25)23-9-5-4-6-10-23/h13,15-16H,3-12H2,1-2H3,(H,20,21,24). The van der Waals surface area contributed by atoms with Gasteiger partial charge in [-0.05, 0) is 58.5 Å². The molecule has 1 aromatic heterocycles. The highest BCUT2D eigenvalue weighted by molar-refractivity contribution is 5.94. The lowest BCUT2D eigenvalue weighted by Crippen LogP contribution is -2.50. The molecule has 3 heterocycles. The first-order valence-electron chi connectivity index (χ1n) is 9.85. The molecule has 1 unspecified atom stereocenters. The van der Waals surface area contributed by atoms with Gasteiger partial charge in [0.1, 0.15) is 5.76 Å². The number of aromatic nitrogens is 1. The second-order valence-corrected chi connectivity index (χ2v) is 7.43. The quantitative estimate of drug-likeness (QED) is 0.870. The lowest BCUT2D eigenvalue weighted by atomic mass is 9.93. The van der Waals surface area contributed by atoms with Crippen LogP contribution in [0.5, 0.6) is 0 Å². The van der Waals surface area contributed by atoms with Crippen molar-refractivity contribution in [2.24, 2.45) is 5.92 Å². The molecule has 2 fully saturated rings. The van der Waals surface area contributed by atoms with E-state index in [-0.39, 0.29) is 17.9 Å². The first kappa shape index (κ1) is 18.9. The molecule has 0 aliphatic carbocycles. The van der Waals surface area contributed by atoms with Crippen molar-refractivity contribution in [2.45, 2.75) is 58.4 Å². The van der Waals surface area contributed by atoms with Crippen LogP contribution in [0.25, 0.3) is 0 Å². The number of anilines is 1. The van der Waals surface area contributed by atoms with E-state index >= 15 is 0 Å². The van der Waals surface area contributed by atoms with E-state index in [1.54, 1.807) is 13.0 Å². The van der Waals surface area contributed by atoms with Gasteiger partial charge in [0, 0.05) is 25.1 Å². The topological polar surface area (TPSA) is 78.7 Å². The molecule has 1 atom stereocenters. The monoisotopic (exact) mass is 362 g/mol. The van der Waals surface area contributed by atoms with Gasteiger partial charge >= 0.3 is 0 Å². The molecule has 1 aromatic rings. The number of aryl methyl sites for hydroxylation is 1. The number of hydrogen-bond donors (Lipinski definition) is 1. The first-order chi connectivity index (χ1) is 12.6. The van der Waals surface area contributed by atoms with Gasteiger partial charge in [0.2, 0.25) is 11.8 Å². The van der Waals surface area contributed by atoms with Crippen LogP contribution in [0, 0.1) is 12.8 Å². The summed E-state index contributed by atoms with van der Waals surface area (Å²) in [7, 11) is 0. The summed E-state index contributed by atoms with van der Waals surface area (Å²) in [5, 5.41) is 6.67. The van der Waals surface area contributed by atoms with Crippen LogP contribution in [0.4, 0.5) is 5.82 Å². The van der Waals surface area contributed by atoms with E-state index < -0.39 is 0 Å². The Morgan fingerprint density at radius 2 is 1.92 bits per heavy atom. The normalized spacial score (nSPS) is 20.8. The van der Waals surface area contributed by atoms with Crippen molar-refractivity contribution in [1.82, 2.24) is 15.0 Å². The number of nitrogens with one attached hydrogen (secondary N) is 1. The van der Waals surface area contributed by atoms with Crippen molar-refractivity contribution in [3.8, 4) is 0 Å². The van der Waals surface area contributed by atoms with Gasteiger partial charge in [0.15, 0.2) is 5.82 Å². The average molecular weight is 362 g/mol. The third-order valence-corrected chi connectivity index (χ3v) is 5.56. The second kappa shape index (κ2) is 8.66. The Morgan fingerprint density at radius 1 is 1.23 bits per heavy atom. The van der Waals surface area contributed by atoms with Gasteiger partial charge < -0.3 is 14.7 Å². The number of amides is 2. The lowest BCUT2D eigenvalue weighted by molar-refractivity contribution is -0.138. The maximum absolute atomic E-state index is 12.7. The van der Waals surface area contributed by atoms with Crippen LogP contribution in [0.15, 0.2) is 10.6 Å². The Balaban J connectivity index is 1.51. The molecule has 7 heteroatoms. The number of rotatable bonds is 5. The van der Waals surface area contributed by atoms with Gasteiger partial charge in [-0.1, -0.05) is 12.1 Å². The largest absolute Gasteiger partial charge is 0.360 e. The highest BCUT2D eigenvalue weighted by Gasteiger charge is 2.33. The molecular weight excluding hydrogens is 332 g/mol. The number of hydrogen-bond acceptors (Lipinski definition) is 5. The summed E-state index contributed by atoms with van der Waals surface area (Å²) in [6.45, 7) is 7.21. The fourth-order valence-electron chi connectivity index (χ4n) is 4.07. The molecular formula is C19H30N4O3. The summed E-state index contributed by atoms with van der Waals surface area (Å²) in [6, 6.07) is 1.52. The van der Waals surface area contributed by atoms with Gasteiger partial charge in [-0.2, -0.15) is 0 Å². The van der Waals surface area contributed by atoms with Crippen molar-refractivity contribution in [2.75, 3.05) is 31.5 Å². The molecule has 2 aliphatic rings. The molecule has 2 amide bonds. The zero-order chi connectivity index (χ0) is 18.5. The second-order valence-electron chi connectivity index (χ2n) is 7.43.